The van der Waals surface area contributed by atoms with Crippen LogP contribution in [0.3, 0.4) is 0 Å². The van der Waals surface area contributed by atoms with Gasteiger partial charge in [-0.25, -0.2) is 9.37 Å². The summed E-state index contributed by atoms with van der Waals surface area (Å²) in [4.78, 5) is 19.0. The molecule has 0 bridgehead atoms. The van der Waals surface area contributed by atoms with E-state index in [2.05, 4.69) is 24.5 Å². The predicted octanol–water partition coefficient (Wildman–Crippen LogP) is 4.00. The maximum absolute atomic E-state index is 13.3. The van der Waals surface area contributed by atoms with Crippen molar-refractivity contribution in [3.05, 3.63) is 65.7 Å². The van der Waals surface area contributed by atoms with Gasteiger partial charge in [-0.05, 0) is 30.3 Å². The van der Waals surface area contributed by atoms with Crippen LogP contribution >= 0.6 is 0 Å². The number of rotatable bonds is 3. The zero-order chi connectivity index (χ0) is 17.6. The number of hydrogen-bond donors (Lipinski definition) is 0. The molecular formula is C20H20FN3O. The Balaban J connectivity index is 1.59. The summed E-state index contributed by atoms with van der Waals surface area (Å²) in [7, 11) is 0. The molecule has 2 heterocycles. The summed E-state index contributed by atoms with van der Waals surface area (Å²) in [5, 5.41) is 0. The summed E-state index contributed by atoms with van der Waals surface area (Å²) in [6, 6.07) is 14.2. The summed E-state index contributed by atoms with van der Waals surface area (Å²) in [6.45, 7) is 5.50. The number of nitrogens with zero attached hydrogens (tertiary/aromatic N) is 3. The number of aromatic nitrogens is 2. The number of hydrogen-bond acceptors (Lipinski definition) is 2. The van der Waals surface area contributed by atoms with Gasteiger partial charge in [-0.2, -0.15) is 0 Å². The molecule has 0 N–H and O–H groups in total. The van der Waals surface area contributed by atoms with E-state index < -0.39 is 0 Å². The lowest BCUT2D eigenvalue weighted by molar-refractivity contribution is 0.0521. The molecule has 1 aromatic heterocycles. The van der Waals surface area contributed by atoms with E-state index in [1.165, 1.54) is 12.1 Å². The fraction of sp³-hybridized carbons (Fsp3) is 0.300. The molecule has 1 amide bonds. The maximum Gasteiger partial charge on any atom is 0.254 e. The summed E-state index contributed by atoms with van der Waals surface area (Å²) in [5.41, 5.74) is 2.49. The van der Waals surface area contributed by atoms with Crippen LogP contribution in [0.1, 0.15) is 42.0 Å². The van der Waals surface area contributed by atoms with Crippen LogP contribution in [0.15, 0.2) is 48.5 Å². The van der Waals surface area contributed by atoms with Gasteiger partial charge in [-0.1, -0.05) is 32.0 Å². The molecule has 5 heteroatoms. The number of carbonyl (C=O) groups excluding carboxylic acids is 1. The highest BCUT2D eigenvalue weighted by Gasteiger charge is 2.35. The molecule has 0 aliphatic carbocycles. The Bertz CT molecular complexity index is 941. The third kappa shape index (κ3) is 2.69. The highest BCUT2D eigenvalue weighted by molar-refractivity contribution is 5.94. The zero-order valence-electron chi connectivity index (χ0n) is 14.3. The van der Waals surface area contributed by atoms with Crippen molar-refractivity contribution in [2.75, 3.05) is 13.1 Å². The Hall–Kier alpha value is -2.69. The van der Waals surface area contributed by atoms with E-state index in [1.807, 2.05) is 18.2 Å². The average molecular weight is 337 g/mol. The molecule has 0 radical (unpaired) electrons. The first-order valence-electron chi connectivity index (χ1n) is 8.56. The minimum absolute atomic E-state index is 0.119. The van der Waals surface area contributed by atoms with Crippen LogP contribution < -0.4 is 0 Å². The summed E-state index contributed by atoms with van der Waals surface area (Å²) in [5.74, 6) is 0.848. The topological polar surface area (TPSA) is 38.1 Å². The lowest BCUT2D eigenvalue weighted by atomic mass is 10.0. The van der Waals surface area contributed by atoms with Crippen LogP contribution in [0.2, 0.25) is 0 Å². The highest BCUT2D eigenvalue weighted by atomic mass is 19.1. The van der Waals surface area contributed by atoms with E-state index in [0.29, 0.717) is 24.6 Å². The van der Waals surface area contributed by atoms with Crippen molar-refractivity contribution in [3.8, 4) is 0 Å². The van der Waals surface area contributed by atoms with Gasteiger partial charge in [-0.15, -0.1) is 0 Å². The molecule has 4 nitrogen and oxygen atoms in total. The number of carbonyl (C=O) groups is 1. The van der Waals surface area contributed by atoms with Crippen molar-refractivity contribution in [2.24, 2.45) is 0 Å². The lowest BCUT2D eigenvalue weighted by Crippen LogP contribution is -2.51. The first kappa shape index (κ1) is 15.8. The van der Waals surface area contributed by atoms with Crippen LogP contribution in [-0.4, -0.2) is 33.4 Å². The van der Waals surface area contributed by atoms with Crippen molar-refractivity contribution in [1.82, 2.24) is 14.5 Å². The van der Waals surface area contributed by atoms with E-state index in [9.17, 15) is 9.18 Å². The zero-order valence-corrected chi connectivity index (χ0v) is 14.3. The van der Waals surface area contributed by atoms with Crippen molar-refractivity contribution in [3.63, 3.8) is 0 Å². The Morgan fingerprint density at radius 1 is 1.16 bits per heavy atom. The summed E-state index contributed by atoms with van der Waals surface area (Å²) in [6.07, 6.45) is 0. The van der Waals surface area contributed by atoms with Crippen molar-refractivity contribution < 1.29 is 9.18 Å². The molecule has 0 saturated carbocycles. The third-order valence-electron chi connectivity index (χ3n) is 4.73. The van der Waals surface area contributed by atoms with Gasteiger partial charge in [-0.3, -0.25) is 4.79 Å². The number of amides is 1. The van der Waals surface area contributed by atoms with Gasteiger partial charge in [0.05, 0.1) is 17.1 Å². The molecule has 3 aromatic rings. The van der Waals surface area contributed by atoms with Crippen LogP contribution in [0.4, 0.5) is 4.39 Å². The average Bonchev–Trinajstić information content (AvgIpc) is 2.93. The molecular weight excluding hydrogens is 317 g/mol. The van der Waals surface area contributed by atoms with Crippen molar-refractivity contribution >= 4 is 16.9 Å². The number of likely N-dealkylation sites (tertiary alicyclic amines) is 1. The van der Waals surface area contributed by atoms with Gasteiger partial charge in [0.1, 0.15) is 11.6 Å². The van der Waals surface area contributed by atoms with Crippen molar-refractivity contribution in [2.45, 2.75) is 25.8 Å². The second kappa shape index (κ2) is 5.99. The van der Waals surface area contributed by atoms with E-state index in [0.717, 1.165) is 16.9 Å². The van der Waals surface area contributed by atoms with E-state index in [4.69, 9.17) is 4.98 Å². The Morgan fingerprint density at radius 3 is 2.64 bits per heavy atom. The van der Waals surface area contributed by atoms with Gasteiger partial charge in [0.25, 0.3) is 5.91 Å². The fourth-order valence-electron chi connectivity index (χ4n) is 3.44. The van der Waals surface area contributed by atoms with E-state index in [-0.39, 0.29) is 17.8 Å². The molecule has 1 aliphatic heterocycles. The highest BCUT2D eigenvalue weighted by Crippen LogP contribution is 2.31. The fourth-order valence-corrected chi connectivity index (χ4v) is 3.44. The smallest absolute Gasteiger partial charge is 0.254 e. The van der Waals surface area contributed by atoms with E-state index >= 15 is 0 Å². The molecule has 4 rings (SSSR count). The predicted molar refractivity (Wildman–Crippen MR) is 95.2 cm³/mol. The monoisotopic (exact) mass is 337 g/mol. The quantitative estimate of drug-likeness (QED) is 0.725. The number of para-hydroxylation sites is 2. The van der Waals surface area contributed by atoms with Crippen LogP contribution in [0, 0.1) is 5.82 Å². The molecule has 1 fully saturated rings. The van der Waals surface area contributed by atoms with E-state index in [1.54, 1.807) is 17.0 Å². The first-order chi connectivity index (χ1) is 12.0. The summed E-state index contributed by atoms with van der Waals surface area (Å²) < 4.78 is 15.6. The number of halogens is 1. The van der Waals surface area contributed by atoms with Crippen LogP contribution in [0.25, 0.3) is 11.0 Å². The molecule has 128 valence electrons. The molecule has 0 spiro atoms. The largest absolute Gasteiger partial charge is 0.334 e. The number of benzene rings is 2. The van der Waals surface area contributed by atoms with Gasteiger partial charge in [0.2, 0.25) is 0 Å². The molecule has 0 unspecified atom stereocenters. The Labute approximate surface area is 145 Å². The Kier molecular flexibility index (Phi) is 3.79. The maximum atomic E-state index is 13.3. The third-order valence-corrected chi connectivity index (χ3v) is 4.73. The minimum Gasteiger partial charge on any atom is -0.334 e. The Morgan fingerprint density at radius 2 is 1.92 bits per heavy atom. The standard InChI is InChI=1S/C20H20FN3O/c1-13(2)19-22-17-8-3-4-9-18(17)24(19)16-11-23(12-16)20(25)14-6-5-7-15(21)10-14/h3-10,13,16H,11-12H2,1-2H3. The number of imidazole rings is 1. The minimum atomic E-state index is -0.384. The molecule has 1 aliphatic rings. The van der Waals surface area contributed by atoms with Gasteiger partial charge in [0, 0.05) is 24.6 Å². The molecule has 25 heavy (non-hydrogen) atoms. The first-order valence-corrected chi connectivity index (χ1v) is 8.56. The molecule has 0 atom stereocenters. The van der Waals surface area contributed by atoms with Crippen LogP contribution in [0.5, 0.6) is 0 Å². The summed E-state index contributed by atoms with van der Waals surface area (Å²) >= 11 is 0. The van der Waals surface area contributed by atoms with Gasteiger partial charge < -0.3 is 9.47 Å². The second-order valence-electron chi connectivity index (χ2n) is 6.86. The lowest BCUT2D eigenvalue weighted by Gasteiger charge is -2.41. The normalized spacial score (nSPS) is 15.0. The molecule has 2 aromatic carbocycles. The van der Waals surface area contributed by atoms with Gasteiger partial charge >= 0.3 is 0 Å². The van der Waals surface area contributed by atoms with Gasteiger partial charge in [0.15, 0.2) is 0 Å². The molecule has 1 saturated heterocycles. The number of fused-ring (bicyclic) bond motifs is 1. The van der Waals surface area contributed by atoms with Crippen molar-refractivity contribution in [1.29, 1.82) is 0 Å². The second-order valence-corrected chi connectivity index (χ2v) is 6.86. The van der Waals surface area contributed by atoms with Crippen LogP contribution in [-0.2, 0) is 0 Å². The SMILES string of the molecule is CC(C)c1nc2ccccc2n1C1CN(C(=O)c2cccc(F)c2)C1.